The monoisotopic (exact) mass is 447 g/mol. The molecular weight excluding hydrogens is 426 g/mol. The Morgan fingerprint density at radius 3 is 2.52 bits per heavy atom. The van der Waals surface area contributed by atoms with Crippen molar-refractivity contribution in [2.24, 2.45) is 0 Å². The molecule has 0 saturated heterocycles. The third-order valence-corrected chi connectivity index (χ3v) is 5.06. The van der Waals surface area contributed by atoms with Gasteiger partial charge < -0.3 is 19.1 Å². The molecule has 2 aromatic heterocycles. The van der Waals surface area contributed by atoms with Crippen LogP contribution in [0.5, 0.6) is 0 Å². The lowest BCUT2D eigenvalue weighted by Gasteiger charge is -2.22. The number of anilines is 1. The van der Waals surface area contributed by atoms with Gasteiger partial charge in [0.2, 0.25) is 0 Å². The molecule has 1 amide bonds. The van der Waals surface area contributed by atoms with Gasteiger partial charge in [0, 0.05) is 31.1 Å². The summed E-state index contributed by atoms with van der Waals surface area (Å²) in [5, 5.41) is 14.9. The van der Waals surface area contributed by atoms with Crippen LogP contribution in [0.2, 0.25) is 0 Å². The molecule has 0 bridgehead atoms. The lowest BCUT2D eigenvalue weighted by Crippen LogP contribution is -2.32. The normalized spacial score (nSPS) is 10.8. The smallest absolute Gasteiger partial charge is 0.423 e. The number of nitro groups is 1. The third kappa shape index (κ3) is 5.27. The number of para-hydroxylation sites is 1. The maximum atomic E-state index is 13.0. The van der Waals surface area contributed by atoms with Crippen molar-refractivity contribution in [1.29, 1.82) is 0 Å². The van der Waals surface area contributed by atoms with Crippen molar-refractivity contribution in [2.75, 3.05) is 18.4 Å². The van der Waals surface area contributed by atoms with Crippen LogP contribution in [0.3, 0.4) is 0 Å². The van der Waals surface area contributed by atoms with Crippen LogP contribution in [0.1, 0.15) is 22.5 Å². The fourth-order valence-corrected chi connectivity index (χ4v) is 3.50. The van der Waals surface area contributed by atoms with Crippen molar-refractivity contribution >= 4 is 28.4 Å². The van der Waals surface area contributed by atoms with Gasteiger partial charge in [-0.1, -0.05) is 42.5 Å². The van der Waals surface area contributed by atoms with Gasteiger partial charge in [0.25, 0.3) is 5.91 Å². The van der Waals surface area contributed by atoms with Gasteiger partial charge in [0.05, 0.1) is 11.8 Å². The summed E-state index contributed by atoms with van der Waals surface area (Å²) in [5.41, 5.74) is 1.63. The molecular formula is C24H21N3O6. The van der Waals surface area contributed by atoms with E-state index in [9.17, 15) is 19.7 Å². The fourth-order valence-electron chi connectivity index (χ4n) is 3.50. The summed E-state index contributed by atoms with van der Waals surface area (Å²) in [6, 6.07) is 20.6. The summed E-state index contributed by atoms with van der Waals surface area (Å²) in [7, 11) is 0. The van der Waals surface area contributed by atoms with Gasteiger partial charge in [0.15, 0.2) is 5.76 Å². The van der Waals surface area contributed by atoms with Crippen molar-refractivity contribution in [3.63, 3.8) is 0 Å². The number of hydrogen-bond donors (Lipinski definition) is 1. The Labute approximate surface area is 188 Å². The summed E-state index contributed by atoms with van der Waals surface area (Å²) >= 11 is 0. The quantitative estimate of drug-likeness (QED) is 0.174. The molecule has 0 atom stereocenters. The first-order valence-electron chi connectivity index (χ1n) is 10.4. The van der Waals surface area contributed by atoms with E-state index in [0.29, 0.717) is 37.3 Å². The first-order valence-corrected chi connectivity index (χ1v) is 10.4. The Kier molecular flexibility index (Phi) is 6.49. The molecule has 2 heterocycles. The third-order valence-electron chi connectivity index (χ3n) is 5.06. The minimum absolute atomic E-state index is 0.0859. The molecule has 0 radical (unpaired) electrons. The number of rotatable bonds is 9. The van der Waals surface area contributed by atoms with Crippen molar-refractivity contribution in [3.8, 4) is 0 Å². The van der Waals surface area contributed by atoms with Crippen LogP contribution in [0.15, 0.2) is 86.4 Å². The van der Waals surface area contributed by atoms with Gasteiger partial charge in [-0.05, 0) is 30.2 Å². The highest BCUT2D eigenvalue weighted by molar-refractivity contribution is 5.92. The number of nitrogens with zero attached hydrogens (tertiary/aromatic N) is 2. The SMILES string of the molecule is O=C(c1ccc([N+](=O)[O-])o1)N(CCCNc1cc(=O)oc2ccccc12)Cc1ccccc1. The Balaban J connectivity index is 1.46. The van der Waals surface area contributed by atoms with E-state index in [1.54, 1.807) is 17.0 Å². The summed E-state index contributed by atoms with van der Waals surface area (Å²) in [6.07, 6.45) is 0.565. The van der Waals surface area contributed by atoms with E-state index < -0.39 is 22.3 Å². The number of amides is 1. The van der Waals surface area contributed by atoms with Crippen LogP contribution >= 0.6 is 0 Å². The molecule has 168 valence electrons. The number of carbonyl (C=O) groups excluding carboxylic acids is 1. The Morgan fingerprint density at radius 1 is 1.00 bits per heavy atom. The molecule has 0 aliphatic rings. The molecule has 9 heteroatoms. The molecule has 0 saturated carbocycles. The summed E-state index contributed by atoms with van der Waals surface area (Å²) in [4.78, 5) is 36.6. The standard InChI is InChI=1S/C24H21N3O6/c28-23-15-19(18-9-4-5-10-20(18)33-23)25-13-6-14-26(16-17-7-2-1-3-8-17)24(29)21-11-12-22(32-21)27(30)31/h1-5,7-12,15,25H,6,13-14,16H2. The van der Waals surface area contributed by atoms with E-state index in [1.165, 1.54) is 18.2 Å². The number of fused-ring (bicyclic) bond motifs is 1. The van der Waals surface area contributed by atoms with Crippen LogP contribution in [-0.4, -0.2) is 28.8 Å². The highest BCUT2D eigenvalue weighted by Gasteiger charge is 2.22. The first-order chi connectivity index (χ1) is 16.0. The van der Waals surface area contributed by atoms with Crippen LogP contribution in [0.4, 0.5) is 11.6 Å². The number of hydrogen-bond acceptors (Lipinski definition) is 7. The van der Waals surface area contributed by atoms with E-state index in [-0.39, 0.29) is 5.76 Å². The number of nitrogens with one attached hydrogen (secondary N) is 1. The van der Waals surface area contributed by atoms with Gasteiger partial charge in [-0.2, -0.15) is 0 Å². The van der Waals surface area contributed by atoms with E-state index in [1.807, 2.05) is 42.5 Å². The second-order valence-corrected chi connectivity index (χ2v) is 7.36. The molecule has 0 fully saturated rings. The van der Waals surface area contributed by atoms with Gasteiger partial charge >= 0.3 is 11.5 Å². The summed E-state index contributed by atoms with van der Waals surface area (Å²) in [6.45, 7) is 1.19. The number of furan rings is 1. The first kappa shape index (κ1) is 21.8. The van der Waals surface area contributed by atoms with Crippen molar-refractivity contribution in [3.05, 3.63) is 105 Å². The maximum Gasteiger partial charge on any atom is 0.433 e. The van der Waals surface area contributed by atoms with E-state index in [0.717, 1.165) is 10.9 Å². The fraction of sp³-hybridized carbons (Fsp3) is 0.167. The van der Waals surface area contributed by atoms with Crippen LogP contribution in [-0.2, 0) is 6.54 Å². The molecule has 1 N–H and O–H groups in total. The lowest BCUT2D eigenvalue weighted by molar-refractivity contribution is -0.402. The van der Waals surface area contributed by atoms with Crippen molar-refractivity contribution in [2.45, 2.75) is 13.0 Å². The topological polar surface area (TPSA) is 119 Å². The predicted molar refractivity (Wildman–Crippen MR) is 122 cm³/mol. The number of benzene rings is 2. The average molecular weight is 447 g/mol. The van der Waals surface area contributed by atoms with Gasteiger partial charge in [-0.3, -0.25) is 14.9 Å². The van der Waals surface area contributed by atoms with Crippen LogP contribution < -0.4 is 10.9 Å². The molecule has 33 heavy (non-hydrogen) atoms. The molecule has 0 aliphatic carbocycles. The molecule has 4 aromatic rings. The van der Waals surface area contributed by atoms with Gasteiger partial charge in [-0.15, -0.1) is 0 Å². The van der Waals surface area contributed by atoms with Gasteiger partial charge in [0.1, 0.15) is 10.5 Å². The molecule has 0 aliphatic heterocycles. The van der Waals surface area contributed by atoms with Gasteiger partial charge in [-0.25, -0.2) is 4.79 Å². The highest BCUT2D eigenvalue weighted by Crippen LogP contribution is 2.21. The van der Waals surface area contributed by atoms with Crippen molar-refractivity contribution in [1.82, 2.24) is 4.90 Å². The van der Waals surface area contributed by atoms with E-state index in [2.05, 4.69) is 5.32 Å². The predicted octanol–water partition coefficient (Wildman–Crippen LogP) is 4.44. The summed E-state index contributed by atoms with van der Waals surface area (Å²) in [5.74, 6) is -0.996. The average Bonchev–Trinajstić information content (AvgIpc) is 3.32. The molecule has 9 nitrogen and oxygen atoms in total. The second-order valence-electron chi connectivity index (χ2n) is 7.36. The largest absolute Gasteiger partial charge is 0.433 e. The zero-order valence-electron chi connectivity index (χ0n) is 17.6. The Hall–Kier alpha value is -4.40. The van der Waals surface area contributed by atoms with Crippen LogP contribution in [0, 0.1) is 10.1 Å². The zero-order chi connectivity index (χ0) is 23.2. The van der Waals surface area contributed by atoms with E-state index in [4.69, 9.17) is 8.83 Å². The Morgan fingerprint density at radius 2 is 1.76 bits per heavy atom. The Bertz CT molecular complexity index is 1330. The van der Waals surface area contributed by atoms with Crippen LogP contribution in [0.25, 0.3) is 11.0 Å². The zero-order valence-corrected chi connectivity index (χ0v) is 17.6. The molecule has 4 rings (SSSR count). The molecule has 2 aromatic carbocycles. The van der Waals surface area contributed by atoms with Crippen molar-refractivity contribution < 1.29 is 18.6 Å². The molecule has 0 spiro atoms. The maximum absolute atomic E-state index is 13.0. The second kappa shape index (κ2) is 9.82. The number of carbonyl (C=O) groups is 1. The highest BCUT2D eigenvalue weighted by atomic mass is 16.6. The lowest BCUT2D eigenvalue weighted by atomic mass is 10.2. The minimum atomic E-state index is -0.678. The molecule has 0 unspecified atom stereocenters. The van der Waals surface area contributed by atoms with E-state index >= 15 is 0 Å². The summed E-state index contributed by atoms with van der Waals surface area (Å²) < 4.78 is 10.3. The minimum Gasteiger partial charge on any atom is -0.423 e.